The molecule has 3 heteroatoms. The van der Waals surface area contributed by atoms with Crippen LogP contribution in [0.15, 0.2) is 43.0 Å². The first-order chi connectivity index (χ1) is 8.79. The Bertz CT molecular complexity index is 464. The minimum absolute atomic E-state index is 0.324. The van der Waals surface area contributed by atoms with Crippen molar-refractivity contribution in [3.05, 3.63) is 54.1 Å². The summed E-state index contributed by atoms with van der Waals surface area (Å²) in [5.41, 5.74) is 2.25. The van der Waals surface area contributed by atoms with Gasteiger partial charge in [0.2, 0.25) is 0 Å². The summed E-state index contributed by atoms with van der Waals surface area (Å²) in [6.45, 7) is 3.01. The maximum atomic E-state index is 9.90. The highest BCUT2D eigenvalue weighted by Gasteiger charge is 2.07. The average Bonchev–Trinajstić information content (AvgIpc) is 2.87. The van der Waals surface area contributed by atoms with Gasteiger partial charge in [0.1, 0.15) is 0 Å². The van der Waals surface area contributed by atoms with Gasteiger partial charge in [-0.05, 0) is 36.1 Å². The Labute approximate surface area is 108 Å². The topological polar surface area (TPSA) is 38.0 Å². The Kier molecular flexibility index (Phi) is 4.53. The molecule has 18 heavy (non-hydrogen) atoms. The van der Waals surface area contributed by atoms with E-state index in [0.717, 1.165) is 31.4 Å². The number of nitrogens with zero attached hydrogens (tertiary/aromatic N) is 2. The van der Waals surface area contributed by atoms with E-state index in [1.165, 1.54) is 5.56 Å². The van der Waals surface area contributed by atoms with Gasteiger partial charge in [-0.2, -0.15) is 0 Å². The summed E-state index contributed by atoms with van der Waals surface area (Å²) >= 11 is 0. The molecule has 0 fully saturated rings. The van der Waals surface area contributed by atoms with Crippen LogP contribution < -0.4 is 0 Å². The smallest absolute Gasteiger partial charge is 0.0804 e. The first-order valence-corrected chi connectivity index (χ1v) is 6.52. The summed E-state index contributed by atoms with van der Waals surface area (Å²) in [6, 6.07) is 6.05. The number of hydrogen-bond donors (Lipinski definition) is 1. The zero-order valence-electron chi connectivity index (χ0n) is 10.8. The van der Waals surface area contributed by atoms with E-state index in [1.54, 1.807) is 6.20 Å². The van der Waals surface area contributed by atoms with Gasteiger partial charge < -0.3 is 9.67 Å². The molecule has 0 amide bonds. The molecule has 0 saturated carbocycles. The fourth-order valence-electron chi connectivity index (χ4n) is 2.04. The summed E-state index contributed by atoms with van der Waals surface area (Å²) in [6.07, 6.45) is 10.2. The van der Waals surface area contributed by atoms with Crippen molar-refractivity contribution < 1.29 is 5.11 Å². The predicted molar refractivity (Wildman–Crippen MR) is 72.2 cm³/mol. The normalized spacial score (nSPS) is 12.6. The van der Waals surface area contributed by atoms with Crippen molar-refractivity contribution >= 4 is 0 Å². The van der Waals surface area contributed by atoms with Gasteiger partial charge >= 0.3 is 0 Å². The zero-order chi connectivity index (χ0) is 12.8. The van der Waals surface area contributed by atoms with Gasteiger partial charge in [-0.1, -0.05) is 19.4 Å². The second-order valence-electron chi connectivity index (χ2n) is 4.60. The van der Waals surface area contributed by atoms with Crippen LogP contribution in [0.5, 0.6) is 0 Å². The van der Waals surface area contributed by atoms with Gasteiger partial charge in [-0.15, -0.1) is 0 Å². The van der Waals surface area contributed by atoms with Crippen LogP contribution in [0.1, 0.15) is 37.0 Å². The lowest BCUT2D eigenvalue weighted by molar-refractivity contribution is 0.166. The maximum Gasteiger partial charge on any atom is 0.0804 e. The molecular formula is C15H20N2O. The second-order valence-corrected chi connectivity index (χ2v) is 4.60. The number of rotatable bonds is 6. The lowest BCUT2D eigenvalue weighted by Crippen LogP contribution is -2.00. The highest BCUT2D eigenvalue weighted by Crippen LogP contribution is 2.18. The second kappa shape index (κ2) is 6.36. The highest BCUT2D eigenvalue weighted by molar-refractivity contribution is 5.14. The summed E-state index contributed by atoms with van der Waals surface area (Å²) < 4.78 is 2.13. The quantitative estimate of drug-likeness (QED) is 0.848. The lowest BCUT2D eigenvalue weighted by Gasteiger charge is -2.06. The number of aryl methyl sites for hydroxylation is 2. The average molecular weight is 244 g/mol. The number of aromatic nitrogens is 2. The van der Waals surface area contributed by atoms with Crippen molar-refractivity contribution in [2.24, 2.45) is 0 Å². The fraction of sp³-hybridized carbons (Fsp3) is 0.400. The van der Waals surface area contributed by atoms with Crippen molar-refractivity contribution in [1.29, 1.82) is 0 Å². The third-order valence-corrected chi connectivity index (χ3v) is 3.10. The van der Waals surface area contributed by atoms with E-state index in [9.17, 15) is 5.11 Å². The summed E-state index contributed by atoms with van der Waals surface area (Å²) in [5.74, 6) is 0. The molecule has 2 aromatic rings. The molecule has 2 heterocycles. The summed E-state index contributed by atoms with van der Waals surface area (Å²) in [4.78, 5) is 4.11. The monoisotopic (exact) mass is 244 g/mol. The van der Waals surface area contributed by atoms with Gasteiger partial charge in [-0.3, -0.25) is 4.98 Å². The van der Waals surface area contributed by atoms with Gasteiger partial charge in [0.15, 0.2) is 0 Å². The van der Waals surface area contributed by atoms with Crippen LogP contribution in [0.4, 0.5) is 0 Å². The molecule has 0 aliphatic carbocycles. The molecule has 1 unspecified atom stereocenters. The first kappa shape index (κ1) is 12.8. The molecule has 0 aliphatic rings. The van der Waals surface area contributed by atoms with Crippen molar-refractivity contribution in [3.8, 4) is 0 Å². The van der Waals surface area contributed by atoms with Gasteiger partial charge in [0.05, 0.1) is 6.10 Å². The molecule has 0 aliphatic heterocycles. The molecule has 2 aromatic heterocycles. The number of pyridine rings is 1. The first-order valence-electron chi connectivity index (χ1n) is 6.52. The van der Waals surface area contributed by atoms with Crippen LogP contribution in [0, 0.1) is 0 Å². The Morgan fingerprint density at radius 3 is 3.00 bits per heavy atom. The molecule has 0 aromatic carbocycles. The molecule has 0 saturated heterocycles. The van der Waals surface area contributed by atoms with Crippen LogP contribution in [-0.2, 0) is 13.0 Å². The van der Waals surface area contributed by atoms with E-state index < -0.39 is 0 Å². The van der Waals surface area contributed by atoms with E-state index in [4.69, 9.17) is 0 Å². The Balaban J connectivity index is 1.91. The Morgan fingerprint density at radius 2 is 2.28 bits per heavy atom. The van der Waals surface area contributed by atoms with Crippen molar-refractivity contribution in [1.82, 2.24) is 9.55 Å². The minimum Gasteiger partial charge on any atom is -0.388 e. The van der Waals surface area contributed by atoms with Crippen LogP contribution in [0.3, 0.4) is 0 Å². The van der Waals surface area contributed by atoms with Gasteiger partial charge in [-0.25, -0.2) is 0 Å². The predicted octanol–water partition coefficient (Wildman–Crippen LogP) is 2.96. The third-order valence-electron chi connectivity index (χ3n) is 3.10. The number of aliphatic hydroxyl groups is 1. The van der Waals surface area contributed by atoms with Crippen molar-refractivity contribution in [2.75, 3.05) is 0 Å². The molecule has 3 nitrogen and oxygen atoms in total. The summed E-state index contributed by atoms with van der Waals surface area (Å²) in [5, 5.41) is 9.90. The van der Waals surface area contributed by atoms with Crippen LogP contribution >= 0.6 is 0 Å². The van der Waals surface area contributed by atoms with E-state index in [0.29, 0.717) is 0 Å². The Hall–Kier alpha value is -1.61. The van der Waals surface area contributed by atoms with Gasteiger partial charge in [0.25, 0.3) is 0 Å². The molecule has 0 radical (unpaired) electrons. The summed E-state index contributed by atoms with van der Waals surface area (Å²) in [7, 11) is 0. The van der Waals surface area contributed by atoms with Gasteiger partial charge in [0, 0.05) is 31.3 Å². The minimum atomic E-state index is -0.324. The SMILES string of the molecule is CCCC(O)c1ccn(CCc2cccnc2)c1. The van der Waals surface area contributed by atoms with E-state index >= 15 is 0 Å². The number of aliphatic hydroxyl groups excluding tert-OH is 1. The maximum absolute atomic E-state index is 9.90. The molecule has 0 spiro atoms. The van der Waals surface area contributed by atoms with E-state index in [2.05, 4.69) is 22.5 Å². The largest absolute Gasteiger partial charge is 0.388 e. The lowest BCUT2D eigenvalue weighted by atomic mass is 10.1. The Morgan fingerprint density at radius 1 is 1.39 bits per heavy atom. The molecule has 1 N–H and O–H groups in total. The zero-order valence-corrected chi connectivity index (χ0v) is 10.8. The fourth-order valence-corrected chi connectivity index (χ4v) is 2.04. The molecule has 1 atom stereocenters. The molecular weight excluding hydrogens is 224 g/mol. The van der Waals surface area contributed by atoms with Crippen LogP contribution in [-0.4, -0.2) is 14.7 Å². The molecule has 0 bridgehead atoms. The molecule has 2 rings (SSSR count). The van der Waals surface area contributed by atoms with Crippen LogP contribution in [0.2, 0.25) is 0 Å². The van der Waals surface area contributed by atoms with Crippen molar-refractivity contribution in [2.45, 2.75) is 38.8 Å². The van der Waals surface area contributed by atoms with Crippen LogP contribution in [0.25, 0.3) is 0 Å². The van der Waals surface area contributed by atoms with E-state index in [-0.39, 0.29) is 6.10 Å². The standard InChI is InChI=1S/C15H20N2O/c1-2-4-15(18)14-7-10-17(12-14)9-6-13-5-3-8-16-11-13/h3,5,7-8,10-12,15,18H,2,4,6,9H2,1H3. The molecule has 96 valence electrons. The number of hydrogen-bond acceptors (Lipinski definition) is 2. The van der Waals surface area contributed by atoms with E-state index in [1.807, 2.05) is 30.7 Å². The van der Waals surface area contributed by atoms with Crippen molar-refractivity contribution in [3.63, 3.8) is 0 Å². The highest BCUT2D eigenvalue weighted by atomic mass is 16.3. The third kappa shape index (κ3) is 3.44.